The van der Waals surface area contributed by atoms with Crippen molar-refractivity contribution in [2.24, 2.45) is 0 Å². The standard InChI is InChI=1S/C24H23NO2/c1-2-27-23(26)18-22(19-12-6-3-7-13-19)24(20-14-8-4-9-15-20)25-21-16-10-5-11-17-21/h3-18,24-25H,2H2,1H3. The van der Waals surface area contributed by atoms with E-state index in [4.69, 9.17) is 4.74 Å². The molecule has 3 aromatic carbocycles. The zero-order chi connectivity index (χ0) is 18.9. The van der Waals surface area contributed by atoms with Gasteiger partial charge in [-0.2, -0.15) is 0 Å². The smallest absolute Gasteiger partial charge is 0.331 e. The van der Waals surface area contributed by atoms with Crippen LogP contribution in [0.3, 0.4) is 0 Å². The minimum atomic E-state index is -0.341. The van der Waals surface area contributed by atoms with E-state index >= 15 is 0 Å². The molecule has 3 aromatic rings. The van der Waals surface area contributed by atoms with Gasteiger partial charge in [0.1, 0.15) is 0 Å². The van der Waals surface area contributed by atoms with E-state index in [-0.39, 0.29) is 12.0 Å². The molecule has 0 saturated carbocycles. The van der Waals surface area contributed by atoms with Gasteiger partial charge in [0, 0.05) is 11.8 Å². The van der Waals surface area contributed by atoms with Crippen molar-refractivity contribution in [1.82, 2.24) is 0 Å². The molecule has 0 saturated heterocycles. The molecule has 3 heteroatoms. The molecule has 1 unspecified atom stereocenters. The Hall–Kier alpha value is -3.33. The van der Waals surface area contributed by atoms with Gasteiger partial charge in [-0.05, 0) is 35.8 Å². The second-order valence-electron chi connectivity index (χ2n) is 6.07. The van der Waals surface area contributed by atoms with Crippen LogP contribution < -0.4 is 5.32 Å². The molecule has 0 heterocycles. The van der Waals surface area contributed by atoms with Crippen LogP contribution in [-0.2, 0) is 9.53 Å². The summed E-state index contributed by atoms with van der Waals surface area (Å²) in [5.74, 6) is -0.341. The Morgan fingerprint density at radius 1 is 0.889 bits per heavy atom. The van der Waals surface area contributed by atoms with Gasteiger partial charge in [-0.3, -0.25) is 0 Å². The zero-order valence-corrected chi connectivity index (χ0v) is 15.3. The van der Waals surface area contributed by atoms with Crippen molar-refractivity contribution in [2.45, 2.75) is 13.0 Å². The number of rotatable bonds is 7. The van der Waals surface area contributed by atoms with Crippen molar-refractivity contribution in [3.63, 3.8) is 0 Å². The van der Waals surface area contributed by atoms with Crippen LogP contribution in [0.25, 0.3) is 5.57 Å². The van der Waals surface area contributed by atoms with Crippen molar-refractivity contribution >= 4 is 17.2 Å². The summed E-state index contributed by atoms with van der Waals surface area (Å²) in [4.78, 5) is 12.3. The van der Waals surface area contributed by atoms with Gasteiger partial charge >= 0.3 is 5.97 Å². The SMILES string of the molecule is CCOC(=O)C=C(c1ccccc1)C(Nc1ccccc1)c1ccccc1. The Bertz CT molecular complexity index is 874. The van der Waals surface area contributed by atoms with E-state index in [2.05, 4.69) is 17.4 Å². The summed E-state index contributed by atoms with van der Waals surface area (Å²) in [6.45, 7) is 2.16. The first-order valence-electron chi connectivity index (χ1n) is 9.08. The number of nitrogens with one attached hydrogen (secondary N) is 1. The van der Waals surface area contributed by atoms with Crippen LogP contribution in [0.2, 0.25) is 0 Å². The molecule has 0 aromatic heterocycles. The minimum absolute atomic E-state index is 0.194. The summed E-state index contributed by atoms with van der Waals surface area (Å²) in [5, 5.41) is 3.57. The van der Waals surface area contributed by atoms with Gasteiger partial charge in [0.2, 0.25) is 0 Å². The number of ether oxygens (including phenoxy) is 1. The Morgan fingerprint density at radius 2 is 1.44 bits per heavy atom. The first kappa shape index (κ1) is 18.5. The number of carbonyl (C=O) groups is 1. The lowest BCUT2D eigenvalue weighted by Gasteiger charge is -2.24. The maximum Gasteiger partial charge on any atom is 0.331 e. The van der Waals surface area contributed by atoms with Crippen molar-refractivity contribution in [3.05, 3.63) is 108 Å². The lowest BCUT2D eigenvalue weighted by molar-refractivity contribution is -0.137. The lowest BCUT2D eigenvalue weighted by atomic mass is 9.92. The molecule has 0 bridgehead atoms. The van der Waals surface area contributed by atoms with E-state index in [1.807, 2.05) is 85.8 Å². The normalized spacial score (nSPS) is 12.3. The molecule has 1 N–H and O–H groups in total. The topological polar surface area (TPSA) is 38.3 Å². The third-order valence-electron chi connectivity index (χ3n) is 4.20. The van der Waals surface area contributed by atoms with E-state index in [0.29, 0.717) is 6.61 Å². The van der Waals surface area contributed by atoms with Crippen LogP contribution in [0.5, 0.6) is 0 Å². The molecule has 0 fully saturated rings. The quantitative estimate of drug-likeness (QED) is 0.449. The highest BCUT2D eigenvalue weighted by molar-refractivity contribution is 5.93. The number of esters is 1. The molecule has 0 aliphatic heterocycles. The second kappa shape index (κ2) is 9.39. The number of hydrogen-bond acceptors (Lipinski definition) is 3. The summed E-state index contributed by atoms with van der Waals surface area (Å²) in [7, 11) is 0. The van der Waals surface area contributed by atoms with Gasteiger partial charge in [-0.25, -0.2) is 4.79 Å². The molecule has 0 amide bonds. The zero-order valence-electron chi connectivity index (χ0n) is 15.3. The Labute approximate surface area is 160 Å². The third-order valence-corrected chi connectivity index (χ3v) is 4.20. The van der Waals surface area contributed by atoms with Crippen molar-refractivity contribution < 1.29 is 9.53 Å². The van der Waals surface area contributed by atoms with E-state index < -0.39 is 0 Å². The molecule has 0 aliphatic rings. The van der Waals surface area contributed by atoms with Gasteiger partial charge in [0.05, 0.1) is 12.6 Å². The molecule has 3 rings (SSSR count). The Morgan fingerprint density at radius 3 is 2.04 bits per heavy atom. The number of anilines is 1. The van der Waals surface area contributed by atoms with E-state index in [0.717, 1.165) is 22.4 Å². The molecule has 136 valence electrons. The predicted molar refractivity (Wildman–Crippen MR) is 110 cm³/mol. The van der Waals surface area contributed by atoms with Crippen LogP contribution in [0.15, 0.2) is 97.1 Å². The molecular formula is C24H23NO2. The highest BCUT2D eigenvalue weighted by Gasteiger charge is 2.20. The van der Waals surface area contributed by atoms with Crippen molar-refractivity contribution in [1.29, 1.82) is 0 Å². The fourth-order valence-corrected chi connectivity index (χ4v) is 2.96. The maximum absolute atomic E-state index is 12.3. The molecule has 0 spiro atoms. The first-order valence-corrected chi connectivity index (χ1v) is 9.08. The highest BCUT2D eigenvalue weighted by atomic mass is 16.5. The van der Waals surface area contributed by atoms with Crippen molar-refractivity contribution in [2.75, 3.05) is 11.9 Å². The summed E-state index contributed by atoms with van der Waals surface area (Å²) >= 11 is 0. The van der Waals surface area contributed by atoms with E-state index in [1.165, 1.54) is 0 Å². The van der Waals surface area contributed by atoms with Crippen molar-refractivity contribution in [3.8, 4) is 0 Å². The monoisotopic (exact) mass is 357 g/mol. The highest BCUT2D eigenvalue weighted by Crippen LogP contribution is 2.33. The lowest BCUT2D eigenvalue weighted by Crippen LogP contribution is -2.15. The molecular weight excluding hydrogens is 334 g/mol. The van der Waals surface area contributed by atoms with Crippen LogP contribution in [0.4, 0.5) is 5.69 Å². The average Bonchev–Trinajstić information content (AvgIpc) is 2.73. The summed E-state index contributed by atoms with van der Waals surface area (Å²) in [6, 6.07) is 29.8. The van der Waals surface area contributed by atoms with Gasteiger partial charge < -0.3 is 10.1 Å². The maximum atomic E-state index is 12.3. The Balaban J connectivity index is 2.08. The predicted octanol–water partition coefficient (Wildman–Crippen LogP) is 5.49. The summed E-state index contributed by atoms with van der Waals surface area (Å²) in [6.07, 6.45) is 1.59. The van der Waals surface area contributed by atoms with Crippen LogP contribution >= 0.6 is 0 Å². The van der Waals surface area contributed by atoms with Gasteiger partial charge in [0.15, 0.2) is 0 Å². The van der Waals surface area contributed by atoms with Crippen LogP contribution in [-0.4, -0.2) is 12.6 Å². The van der Waals surface area contributed by atoms with Gasteiger partial charge in [-0.1, -0.05) is 78.9 Å². The minimum Gasteiger partial charge on any atom is -0.463 e. The largest absolute Gasteiger partial charge is 0.463 e. The third kappa shape index (κ3) is 5.08. The van der Waals surface area contributed by atoms with E-state index in [1.54, 1.807) is 6.08 Å². The van der Waals surface area contributed by atoms with Gasteiger partial charge in [0.25, 0.3) is 0 Å². The summed E-state index contributed by atoms with van der Waals surface area (Å²) < 4.78 is 5.19. The molecule has 0 aliphatic carbocycles. The number of carbonyl (C=O) groups excluding carboxylic acids is 1. The number of para-hydroxylation sites is 1. The van der Waals surface area contributed by atoms with Crippen LogP contribution in [0, 0.1) is 0 Å². The second-order valence-corrected chi connectivity index (χ2v) is 6.07. The number of benzene rings is 3. The van der Waals surface area contributed by atoms with Gasteiger partial charge in [-0.15, -0.1) is 0 Å². The number of hydrogen-bond donors (Lipinski definition) is 1. The van der Waals surface area contributed by atoms with Crippen LogP contribution in [0.1, 0.15) is 24.1 Å². The molecule has 3 nitrogen and oxygen atoms in total. The van der Waals surface area contributed by atoms with E-state index in [9.17, 15) is 4.79 Å². The Kier molecular flexibility index (Phi) is 6.42. The first-order chi connectivity index (χ1) is 13.3. The molecule has 27 heavy (non-hydrogen) atoms. The molecule has 0 radical (unpaired) electrons. The average molecular weight is 357 g/mol. The summed E-state index contributed by atoms with van der Waals surface area (Å²) in [5.41, 5.74) is 3.89. The fraction of sp³-hybridized carbons (Fsp3) is 0.125. The molecule has 1 atom stereocenters. The fourth-order valence-electron chi connectivity index (χ4n) is 2.96.